The van der Waals surface area contributed by atoms with E-state index < -0.39 is 12.0 Å². The first-order chi connectivity index (χ1) is 9.99. The molecule has 0 spiro atoms. The summed E-state index contributed by atoms with van der Waals surface area (Å²) in [6, 6.07) is -0.980. The number of morpholine rings is 1. The van der Waals surface area contributed by atoms with Crippen molar-refractivity contribution < 1.29 is 19.4 Å². The van der Waals surface area contributed by atoms with Crippen LogP contribution in [-0.2, 0) is 9.53 Å². The lowest BCUT2D eigenvalue weighted by atomic mass is 9.90. The topological polar surface area (TPSA) is 78.9 Å². The second kappa shape index (κ2) is 7.11. The number of fused-ring (bicyclic) bond motifs is 1. The van der Waals surface area contributed by atoms with Crippen molar-refractivity contribution in [1.29, 1.82) is 0 Å². The predicted octanol–water partition coefficient (Wildman–Crippen LogP) is 1.84. The van der Waals surface area contributed by atoms with Gasteiger partial charge in [0.15, 0.2) is 0 Å². The van der Waals surface area contributed by atoms with Crippen molar-refractivity contribution >= 4 is 12.0 Å². The van der Waals surface area contributed by atoms with Gasteiger partial charge in [-0.15, -0.1) is 0 Å². The maximum absolute atomic E-state index is 12.4. The van der Waals surface area contributed by atoms with Crippen LogP contribution in [0.5, 0.6) is 0 Å². The number of rotatable bonds is 4. The van der Waals surface area contributed by atoms with Crippen LogP contribution in [0.1, 0.15) is 46.0 Å². The zero-order valence-electron chi connectivity index (χ0n) is 12.9. The fourth-order valence-corrected chi connectivity index (χ4v) is 3.27. The van der Waals surface area contributed by atoms with E-state index in [1.54, 1.807) is 4.90 Å². The van der Waals surface area contributed by atoms with Gasteiger partial charge in [0, 0.05) is 6.54 Å². The van der Waals surface area contributed by atoms with E-state index in [1.165, 1.54) is 0 Å². The Kier molecular flexibility index (Phi) is 5.45. The van der Waals surface area contributed by atoms with Crippen LogP contribution in [-0.4, -0.2) is 53.3 Å². The summed E-state index contributed by atoms with van der Waals surface area (Å²) in [5.41, 5.74) is 0. The molecule has 0 aromatic carbocycles. The van der Waals surface area contributed by atoms with Gasteiger partial charge in [0.25, 0.3) is 0 Å². The Hall–Kier alpha value is -1.30. The SMILES string of the molecule is CC(C)CC(NC(=O)N1CCOC2CCCCC21)C(=O)O. The highest BCUT2D eigenvalue weighted by Crippen LogP contribution is 2.28. The molecule has 3 atom stereocenters. The number of nitrogens with zero attached hydrogens (tertiary/aromatic N) is 1. The van der Waals surface area contributed by atoms with Crippen LogP contribution in [0, 0.1) is 5.92 Å². The fourth-order valence-electron chi connectivity index (χ4n) is 3.27. The van der Waals surface area contributed by atoms with Gasteiger partial charge in [0.2, 0.25) is 0 Å². The molecule has 0 aromatic rings. The molecule has 0 radical (unpaired) electrons. The number of nitrogens with one attached hydrogen (secondary N) is 1. The van der Waals surface area contributed by atoms with Gasteiger partial charge in [-0.25, -0.2) is 9.59 Å². The largest absolute Gasteiger partial charge is 0.480 e. The second-order valence-corrected chi connectivity index (χ2v) is 6.42. The zero-order chi connectivity index (χ0) is 15.4. The molecule has 2 rings (SSSR count). The number of hydrogen-bond donors (Lipinski definition) is 2. The monoisotopic (exact) mass is 298 g/mol. The van der Waals surface area contributed by atoms with Crippen molar-refractivity contribution in [2.75, 3.05) is 13.2 Å². The van der Waals surface area contributed by atoms with Gasteiger partial charge in [-0.3, -0.25) is 0 Å². The van der Waals surface area contributed by atoms with Crippen LogP contribution in [0.4, 0.5) is 4.79 Å². The van der Waals surface area contributed by atoms with Gasteiger partial charge in [0.1, 0.15) is 6.04 Å². The third kappa shape index (κ3) is 4.09. The van der Waals surface area contributed by atoms with E-state index in [1.807, 2.05) is 13.8 Å². The molecule has 2 N–H and O–H groups in total. The summed E-state index contributed by atoms with van der Waals surface area (Å²) in [4.78, 5) is 25.5. The molecule has 0 aromatic heterocycles. The Labute approximate surface area is 125 Å². The van der Waals surface area contributed by atoms with E-state index in [9.17, 15) is 14.7 Å². The maximum atomic E-state index is 12.4. The summed E-state index contributed by atoms with van der Waals surface area (Å²) in [5, 5.41) is 11.9. The van der Waals surface area contributed by atoms with Crippen LogP contribution in [0.3, 0.4) is 0 Å². The van der Waals surface area contributed by atoms with E-state index in [-0.39, 0.29) is 24.1 Å². The van der Waals surface area contributed by atoms with Crippen LogP contribution < -0.4 is 5.32 Å². The molecular weight excluding hydrogens is 272 g/mol. The Balaban J connectivity index is 1.98. The Bertz CT molecular complexity index is 384. The smallest absolute Gasteiger partial charge is 0.326 e. The summed E-state index contributed by atoms with van der Waals surface area (Å²) < 4.78 is 5.74. The minimum absolute atomic E-state index is 0.0981. The second-order valence-electron chi connectivity index (χ2n) is 6.42. The first-order valence-corrected chi connectivity index (χ1v) is 7.90. The van der Waals surface area contributed by atoms with E-state index in [2.05, 4.69) is 5.32 Å². The highest BCUT2D eigenvalue weighted by Gasteiger charge is 2.37. The number of carbonyl (C=O) groups excluding carboxylic acids is 1. The summed E-state index contributed by atoms with van der Waals surface area (Å²) in [5.74, 6) is -0.746. The molecule has 0 bridgehead atoms. The summed E-state index contributed by atoms with van der Waals surface area (Å²) in [6.07, 6.45) is 4.74. The zero-order valence-corrected chi connectivity index (χ0v) is 12.9. The average Bonchev–Trinajstić information content (AvgIpc) is 2.45. The highest BCUT2D eigenvalue weighted by molar-refractivity contribution is 5.82. The third-order valence-electron chi connectivity index (χ3n) is 4.30. The van der Waals surface area contributed by atoms with Crippen molar-refractivity contribution in [3.05, 3.63) is 0 Å². The molecule has 120 valence electrons. The Morgan fingerprint density at radius 1 is 1.33 bits per heavy atom. The lowest BCUT2D eigenvalue weighted by Crippen LogP contribution is -2.59. The molecule has 2 fully saturated rings. The summed E-state index contributed by atoms with van der Waals surface area (Å²) in [6.45, 7) is 4.99. The molecule has 1 saturated carbocycles. The van der Waals surface area contributed by atoms with Gasteiger partial charge < -0.3 is 20.1 Å². The molecule has 1 aliphatic heterocycles. The van der Waals surface area contributed by atoms with Crippen LogP contribution >= 0.6 is 0 Å². The number of ether oxygens (including phenoxy) is 1. The lowest BCUT2D eigenvalue weighted by Gasteiger charge is -2.43. The molecule has 1 heterocycles. The van der Waals surface area contributed by atoms with Gasteiger partial charge >= 0.3 is 12.0 Å². The van der Waals surface area contributed by atoms with Crippen molar-refractivity contribution in [2.24, 2.45) is 5.92 Å². The quantitative estimate of drug-likeness (QED) is 0.830. The first kappa shape index (κ1) is 16.1. The molecule has 2 aliphatic rings. The predicted molar refractivity (Wildman–Crippen MR) is 78.1 cm³/mol. The average molecular weight is 298 g/mol. The third-order valence-corrected chi connectivity index (χ3v) is 4.30. The van der Waals surface area contributed by atoms with E-state index in [4.69, 9.17) is 4.74 Å². The minimum atomic E-state index is -0.967. The summed E-state index contributed by atoms with van der Waals surface area (Å²) in [7, 11) is 0. The lowest BCUT2D eigenvalue weighted by molar-refractivity contribution is -0.139. The number of urea groups is 1. The molecule has 3 unspecified atom stereocenters. The van der Waals surface area contributed by atoms with Gasteiger partial charge in [-0.05, 0) is 25.2 Å². The van der Waals surface area contributed by atoms with E-state index >= 15 is 0 Å². The number of amides is 2. The Morgan fingerprint density at radius 2 is 2.05 bits per heavy atom. The van der Waals surface area contributed by atoms with E-state index in [0.717, 1.165) is 25.7 Å². The molecule has 21 heavy (non-hydrogen) atoms. The van der Waals surface area contributed by atoms with E-state index in [0.29, 0.717) is 19.6 Å². The van der Waals surface area contributed by atoms with Crippen LogP contribution in [0.15, 0.2) is 0 Å². The highest BCUT2D eigenvalue weighted by atomic mass is 16.5. The van der Waals surface area contributed by atoms with Crippen molar-refractivity contribution in [3.8, 4) is 0 Å². The molecule has 2 amide bonds. The number of aliphatic carboxylic acids is 1. The van der Waals surface area contributed by atoms with Crippen molar-refractivity contribution in [1.82, 2.24) is 10.2 Å². The number of hydrogen-bond acceptors (Lipinski definition) is 3. The molecule has 6 nitrogen and oxygen atoms in total. The van der Waals surface area contributed by atoms with Gasteiger partial charge in [-0.2, -0.15) is 0 Å². The van der Waals surface area contributed by atoms with Crippen LogP contribution in [0.25, 0.3) is 0 Å². The fraction of sp³-hybridized carbons (Fsp3) is 0.867. The molecule has 1 aliphatic carbocycles. The standard InChI is InChI=1S/C15H26N2O4/c1-10(2)9-11(14(18)19)16-15(20)17-7-8-21-13-6-4-3-5-12(13)17/h10-13H,3-9H2,1-2H3,(H,16,20)(H,18,19). The maximum Gasteiger partial charge on any atom is 0.326 e. The molecule has 1 saturated heterocycles. The number of carboxylic acid groups (broad SMARTS) is 1. The normalized spacial score (nSPS) is 27.1. The first-order valence-electron chi connectivity index (χ1n) is 7.90. The number of carboxylic acids is 1. The van der Waals surface area contributed by atoms with Gasteiger partial charge in [0.05, 0.1) is 18.8 Å². The molecular formula is C15H26N2O4. The van der Waals surface area contributed by atoms with Crippen molar-refractivity contribution in [2.45, 2.75) is 64.1 Å². The minimum Gasteiger partial charge on any atom is -0.480 e. The molecule has 6 heteroatoms. The Morgan fingerprint density at radius 3 is 2.71 bits per heavy atom. The van der Waals surface area contributed by atoms with Crippen LogP contribution in [0.2, 0.25) is 0 Å². The number of carbonyl (C=O) groups is 2. The van der Waals surface area contributed by atoms with Gasteiger partial charge in [-0.1, -0.05) is 26.7 Å². The summed E-state index contributed by atoms with van der Waals surface area (Å²) >= 11 is 0. The van der Waals surface area contributed by atoms with Crippen molar-refractivity contribution in [3.63, 3.8) is 0 Å².